The van der Waals surface area contributed by atoms with Crippen LogP contribution in [-0.2, 0) is 11.2 Å². The number of carbonyl (C=O) groups excluding carboxylic acids is 1. The Labute approximate surface area is 86.7 Å². The van der Waals surface area contributed by atoms with Crippen molar-refractivity contribution in [3.05, 3.63) is 29.7 Å². The average molecular weight is 205 g/mol. The molecular weight excluding hydrogens is 194 g/mol. The summed E-state index contributed by atoms with van der Waals surface area (Å²) in [6.07, 6.45) is 2.46. The number of hydrogen-bond acceptors (Lipinski definition) is 4. The largest absolute Gasteiger partial charge is 0.465 e. The molecule has 5 nitrogen and oxygen atoms in total. The van der Waals surface area contributed by atoms with Crippen molar-refractivity contribution in [2.24, 2.45) is 0 Å². The molecule has 0 saturated heterocycles. The van der Waals surface area contributed by atoms with Crippen molar-refractivity contribution < 1.29 is 9.53 Å². The van der Waals surface area contributed by atoms with E-state index in [0.29, 0.717) is 5.56 Å². The van der Waals surface area contributed by atoms with E-state index in [-0.39, 0.29) is 5.97 Å². The summed E-state index contributed by atoms with van der Waals surface area (Å²) in [6, 6.07) is 3.42. The smallest absolute Gasteiger partial charge is 0.339 e. The SMILES string of the molecule is CCc1nnc2ccc(C(=O)OC)cn12. The first kappa shape index (κ1) is 9.64. The molecule has 0 amide bonds. The van der Waals surface area contributed by atoms with Crippen molar-refractivity contribution in [3.63, 3.8) is 0 Å². The van der Waals surface area contributed by atoms with Gasteiger partial charge in [0, 0.05) is 12.6 Å². The predicted octanol–water partition coefficient (Wildman–Crippen LogP) is 1.08. The van der Waals surface area contributed by atoms with Crippen LogP contribution in [0.1, 0.15) is 23.1 Å². The molecule has 2 aromatic heterocycles. The van der Waals surface area contributed by atoms with E-state index in [2.05, 4.69) is 14.9 Å². The molecule has 0 spiro atoms. The van der Waals surface area contributed by atoms with Gasteiger partial charge in [0.15, 0.2) is 5.65 Å². The van der Waals surface area contributed by atoms with Crippen LogP contribution in [0.2, 0.25) is 0 Å². The number of pyridine rings is 1. The highest BCUT2D eigenvalue weighted by atomic mass is 16.5. The van der Waals surface area contributed by atoms with Gasteiger partial charge in [0.2, 0.25) is 0 Å². The molecule has 2 aromatic rings. The molecule has 0 fully saturated rings. The standard InChI is InChI=1S/C10H11N3O2/c1-3-8-11-12-9-5-4-7(6-13(8)9)10(14)15-2/h4-6H,3H2,1-2H3. The van der Waals surface area contributed by atoms with Crippen LogP contribution in [0.4, 0.5) is 0 Å². The zero-order chi connectivity index (χ0) is 10.8. The minimum Gasteiger partial charge on any atom is -0.465 e. The van der Waals surface area contributed by atoms with E-state index in [1.165, 1.54) is 7.11 Å². The zero-order valence-corrected chi connectivity index (χ0v) is 8.60. The molecule has 78 valence electrons. The molecule has 0 aromatic carbocycles. The number of nitrogens with zero attached hydrogens (tertiary/aromatic N) is 3. The predicted molar refractivity (Wildman–Crippen MR) is 53.7 cm³/mol. The van der Waals surface area contributed by atoms with Gasteiger partial charge >= 0.3 is 5.97 Å². The third kappa shape index (κ3) is 1.56. The van der Waals surface area contributed by atoms with Gasteiger partial charge in [-0.15, -0.1) is 10.2 Å². The number of aromatic nitrogens is 3. The molecule has 2 rings (SSSR count). The molecule has 0 unspecified atom stereocenters. The van der Waals surface area contributed by atoms with Gasteiger partial charge in [-0.1, -0.05) is 6.92 Å². The van der Waals surface area contributed by atoms with Crippen LogP contribution in [0.25, 0.3) is 5.65 Å². The van der Waals surface area contributed by atoms with E-state index in [0.717, 1.165) is 17.9 Å². The second-order valence-electron chi connectivity index (χ2n) is 3.11. The maximum absolute atomic E-state index is 11.3. The molecule has 15 heavy (non-hydrogen) atoms. The highest BCUT2D eigenvalue weighted by Gasteiger charge is 2.08. The van der Waals surface area contributed by atoms with Crippen molar-refractivity contribution >= 4 is 11.6 Å². The molecule has 0 aliphatic heterocycles. The van der Waals surface area contributed by atoms with E-state index < -0.39 is 0 Å². The van der Waals surface area contributed by atoms with Gasteiger partial charge in [-0.05, 0) is 12.1 Å². The lowest BCUT2D eigenvalue weighted by atomic mass is 10.3. The monoisotopic (exact) mass is 205 g/mol. The Bertz CT molecular complexity index is 504. The average Bonchev–Trinajstić information content (AvgIpc) is 2.69. The molecule has 0 radical (unpaired) electrons. The fourth-order valence-electron chi connectivity index (χ4n) is 1.42. The summed E-state index contributed by atoms with van der Waals surface area (Å²) in [7, 11) is 1.36. The molecule has 0 bridgehead atoms. The molecule has 0 saturated carbocycles. The number of esters is 1. The van der Waals surface area contributed by atoms with E-state index in [4.69, 9.17) is 0 Å². The van der Waals surface area contributed by atoms with Crippen molar-refractivity contribution in [3.8, 4) is 0 Å². The maximum Gasteiger partial charge on any atom is 0.339 e. The fraction of sp³-hybridized carbons (Fsp3) is 0.300. The van der Waals surface area contributed by atoms with Crippen molar-refractivity contribution in [1.29, 1.82) is 0 Å². The third-order valence-corrected chi connectivity index (χ3v) is 2.21. The van der Waals surface area contributed by atoms with Crippen molar-refractivity contribution in [2.75, 3.05) is 7.11 Å². The van der Waals surface area contributed by atoms with Crippen LogP contribution in [0.5, 0.6) is 0 Å². The topological polar surface area (TPSA) is 56.5 Å². The summed E-state index contributed by atoms with van der Waals surface area (Å²) in [4.78, 5) is 11.3. The van der Waals surface area contributed by atoms with Crippen LogP contribution in [0.15, 0.2) is 18.3 Å². The number of carbonyl (C=O) groups is 1. The summed E-state index contributed by atoms with van der Waals surface area (Å²) >= 11 is 0. The molecule has 5 heteroatoms. The second kappa shape index (κ2) is 3.68. The highest BCUT2D eigenvalue weighted by molar-refractivity contribution is 5.89. The molecule has 0 aliphatic rings. The van der Waals surface area contributed by atoms with Gasteiger partial charge in [0.05, 0.1) is 12.7 Å². The summed E-state index contributed by atoms with van der Waals surface area (Å²) < 4.78 is 6.44. The Morgan fingerprint density at radius 1 is 1.47 bits per heavy atom. The summed E-state index contributed by atoms with van der Waals surface area (Å²) in [5.74, 6) is 0.475. The number of fused-ring (bicyclic) bond motifs is 1. The second-order valence-corrected chi connectivity index (χ2v) is 3.11. The number of hydrogen-bond donors (Lipinski definition) is 0. The first-order valence-corrected chi connectivity index (χ1v) is 4.68. The molecular formula is C10H11N3O2. The van der Waals surface area contributed by atoms with Crippen LogP contribution in [0.3, 0.4) is 0 Å². The molecule has 0 atom stereocenters. The van der Waals surface area contributed by atoms with E-state index >= 15 is 0 Å². The first-order valence-electron chi connectivity index (χ1n) is 4.68. The van der Waals surface area contributed by atoms with Crippen molar-refractivity contribution in [2.45, 2.75) is 13.3 Å². The summed E-state index contributed by atoms with van der Waals surface area (Å²) in [5, 5.41) is 7.98. The minimum atomic E-state index is -0.354. The summed E-state index contributed by atoms with van der Waals surface area (Å²) in [6.45, 7) is 1.99. The molecule has 2 heterocycles. The fourth-order valence-corrected chi connectivity index (χ4v) is 1.42. The third-order valence-electron chi connectivity index (χ3n) is 2.21. The first-order chi connectivity index (χ1) is 7.26. The normalized spacial score (nSPS) is 10.5. The van der Waals surface area contributed by atoms with E-state index in [9.17, 15) is 4.79 Å². The Hall–Kier alpha value is -1.91. The van der Waals surface area contributed by atoms with Gasteiger partial charge in [0.25, 0.3) is 0 Å². The Morgan fingerprint density at radius 3 is 2.93 bits per heavy atom. The van der Waals surface area contributed by atoms with E-state index in [1.807, 2.05) is 6.92 Å². The lowest BCUT2D eigenvalue weighted by Crippen LogP contribution is -2.03. The number of aryl methyl sites for hydroxylation is 1. The number of methoxy groups -OCH3 is 1. The lowest BCUT2D eigenvalue weighted by molar-refractivity contribution is 0.0600. The van der Waals surface area contributed by atoms with Gasteiger partial charge in [0.1, 0.15) is 5.82 Å². The lowest BCUT2D eigenvalue weighted by Gasteiger charge is -2.00. The quantitative estimate of drug-likeness (QED) is 0.688. The highest BCUT2D eigenvalue weighted by Crippen LogP contribution is 2.08. The Morgan fingerprint density at radius 2 is 2.27 bits per heavy atom. The number of ether oxygens (including phenoxy) is 1. The van der Waals surface area contributed by atoms with Crippen molar-refractivity contribution in [1.82, 2.24) is 14.6 Å². The van der Waals surface area contributed by atoms with Crippen LogP contribution < -0.4 is 0 Å². The Kier molecular flexibility index (Phi) is 2.37. The minimum absolute atomic E-state index is 0.354. The van der Waals surface area contributed by atoms with Crippen LogP contribution in [0, 0.1) is 0 Å². The molecule has 0 aliphatic carbocycles. The van der Waals surface area contributed by atoms with E-state index in [1.54, 1.807) is 22.7 Å². The van der Waals surface area contributed by atoms with Gasteiger partial charge in [-0.3, -0.25) is 4.40 Å². The van der Waals surface area contributed by atoms with Gasteiger partial charge in [-0.25, -0.2) is 4.79 Å². The van der Waals surface area contributed by atoms with Gasteiger partial charge < -0.3 is 4.74 Å². The molecule has 0 N–H and O–H groups in total. The summed E-state index contributed by atoms with van der Waals surface area (Å²) in [5.41, 5.74) is 1.24. The zero-order valence-electron chi connectivity index (χ0n) is 8.60. The van der Waals surface area contributed by atoms with Gasteiger partial charge in [-0.2, -0.15) is 0 Å². The van der Waals surface area contributed by atoms with Crippen LogP contribution >= 0.6 is 0 Å². The number of rotatable bonds is 2. The van der Waals surface area contributed by atoms with Crippen LogP contribution in [-0.4, -0.2) is 27.7 Å². The Balaban J connectivity index is 2.57. The maximum atomic E-state index is 11.3.